The molecule has 6 rings (SSSR count). The molecule has 0 amide bonds. The highest BCUT2D eigenvalue weighted by Gasteiger charge is 2.21. The van der Waals surface area contributed by atoms with Crippen LogP contribution >= 0.6 is 0 Å². The average Bonchev–Trinajstić information content (AvgIpc) is 3.56. The van der Waals surface area contributed by atoms with Crippen molar-refractivity contribution < 1.29 is 4.74 Å². The molecule has 9 nitrogen and oxygen atoms in total. The van der Waals surface area contributed by atoms with Gasteiger partial charge in [0.2, 0.25) is 0 Å². The number of rotatable bonds is 5. The molecule has 4 heterocycles. The van der Waals surface area contributed by atoms with Gasteiger partial charge in [-0.25, -0.2) is 14.5 Å². The highest BCUT2D eigenvalue weighted by molar-refractivity contribution is 5.89. The maximum Gasteiger partial charge on any atom is 0.262 e. The molecule has 0 saturated carbocycles. The Balaban J connectivity index is 1.51. The molecule has 3 aromatic heterocycles. The first-order valence-electron chi connectivity index (χ1n) is 11.6. The third kappa shape index (κ3) is 3.59. The van der Waals surface area contributed by atoms with E-state index < -0.39 is 0 Å². The van der Waals surface area contributed by atoms with E-state index in [-0.39, 0.29) is 12.1 Å². The Bertz CT molecular complexity index is 1680. The second-order valence-corrected chi connectivity index (χ2v) is 8.90. The lowest BCUT2D eigenvalue weighted by Gasteiger charge is -2.23. The molecule has 1 aliphatic rings. The van der Waals surface area contributed by atoms with Gasteiger partial charge in [0.15, 0.2) is 11.5 Å². The van der Waals surface area contributed by atoms with Crippen LogP contribution in [0.5, 0.6) is 0 Å². The molecule has 0 radical (unpaired) electrons. The van der Waals surface area contributed by atoms with Gasteiger partial charge in [-0.3, -0.25) is 9.36 Å². The molecule has 1 atom stereocenters. The molecule has 1 fully saturated rings. The second kappa shape index (κ2) is 8.49. The van der Waals surface area contributed by atoms with E-state index in [9.17, 15) is 10.1 Å². The predicted octanol–water partition coefficient (Wildman–Crippen LogP) is 2.99. The number of aromatic nitrogens is 5. The molecule has 1 saturated heterocycles. The van der Waals surface area contributed by atoms with Crippen molar-refractivity contribution in [3.63, 3.8) is 0 Å². The molecule has 9 heteroatoms. The van der Waals surface area contributed by atoms with Crippen molar-refractivity contribution in [3.05, 3.63) is 76.5 Å². The highest BCUT2D eigenvalue weighted by atomic mass is 16.5. The lowest BCUT2D eigenvalue weighted by Crippen LogP contribution is -2.28. The van der Waals surface area contributed by atoms with Crippen molar-refractivity contribution in [2.45, 2.75) is 13.0 Å². The maximum absolute atomic E-state index is 13.6. The van der Waals surface area contributed by atoms with Gasteiger partial charge in [-0.2, -0.15) is 10.4 Å². The smallest absolute Gasteiger partial charge is 0.262 e. The number of hydrogen-bond acceptors (Lipinski definition) is 7. The normalized spacial score (nSPS) is 15.7. The van der Waals surface area contributed by atoms with Crippen molar-refractivity contribution in [2.24, 2.45) is 5.92 Å². The summed E-state index contributed by atoms with van der Waals surface area (Å²) in [5.41, 5.74) is 2.02. The van der Waals surface area contributed by atoms with Gasteiger partial charge in [0, 0.05) is 31.5 Å². The lowest BCUT2D eigenvalue weighted by atomic mass is 10.1. The molecular formula is C26H23N7O2. The van der Waals surface area contributed by atoms with E-state index in [1.165, 1.54) is 6.20 Å². The molecule has 0 aliphatic carbocycles. The summed E-state index contributed by atoms with van der Waals surface area (Å²) in [7, 11) is 2.03. The number of hydrogen-bond donors (Lipinski definition) is 0. The monoisotopic (exact) mass is 465 g/mol. The Morgan fingerprint density at radius 2 is 1.94 bits per heavy atom. The minimum atomic E-state index is -0.208. The Labute approximate surface area is 200 Å². The third-order valence-corrected chi connectivity index (χ3v) is 6.57. The van der Waals surface area contributed by atoms with Crippen LogP contribution in [0.2, 0.25) is 0 Å². The van der Waals surface area contributed by atoms with Gasteiger partial charge >= 0.3 is 0 Å². The van der Waals surface area contributed by atoms with Crippen molar-refractivity contribution in [2.75, 3.05) is 31.7 Å². The Hall–Kier alpha value is -4.29. The molecule has 2 aromatic carbocycles. The van der Waals surface area contributed by atoms with Crippen molar-refractivity contribution in [1.82, 2.24) is 24.1 Å². The summed E-state index contributed by atoms with van der Waals surface area (Å²) in [5, 5.41) is 15.6. The van der Waals surface area contributed by atoms with Crippen LogP contribution in [0.1, 0.15) is 17.8 Å². The molecule has 5 aromatic rings. The highest BCUT2D eigenvalue weighted by Crippen LogP contribution is 2.26. The van der Waals surface area contributed by atoms with Crippen LogP contribution in [0, 0.1) is 17.2 Å². The number of anilines is 1. The first-order valence-corrected chi connectivity index (χ1v) is 11.6. The summed E-state index contributed by atoms with van der Waals surface area (Å²) >= 11 is 0. The van der Waals surface area contributed by atoms with Gasteiger partial charge < -0.3 is 9.64 Å². The summed E-state index contributed by atoms with van der Waals surface area (Å²) in [6.07, 6.45) is 2.52. The van der Waals surface area contributed by atoms with E-state index >= 15 is 0 Å². The van der Waals surface area contributed by atoms with Crippen LogP contribution in [0.4, 0.5) is 5.82 Å². The van der Waals surface area contributed by atoms with Crippen LogP contribution in [0.15, 0.2) is 59.5 Å². The molecule has 0 bridgehead atoms. The molecule has 174 valence electrons. The summed E-state index contributed by atoms with van der Waals surface area (Å²) in [4.78, 5) is 25.4. The van der Waals surface area contributed by atoms with Crippen molar-refractivity contribution in [1.29, 1.82) is 5.26 Å². The molecule has 0 spiro atoms. The molecule has 35 heavy (non-hydrogen) atoms. The summed E-state index contributed by atoms with van der Waals surface area (Å²) in [6, 6.07) is 17.3. The number of para-hydroxylation sites is 2. The van der Waals surface area contributed by atoms with Gasteiger partial charge in [-0.05, 0) is 30.7 Å². The van der Waals surface area contributed by atoms with Crippen LogP contribution in [-0.2, 0) is 11.3 Å². The summed E-state index contributed by atoms with van der Waals surface area (Å²) in [5.74, 6) is 1.76. The fourth-order valence-electron chi connectivity index (χ4n) is 4.90. The van der Waals surface area contributed by atoms with E-state index in [0.29, 0.717) is 33.9 Å². The predicted molar refractivity (Wildman–Crippen MR) is 133 cm³/mol. The zero-order chi connectivity index (χ0) is 23.9. The van der Waals surface area contributed by atoms with E-state index in [0.717, 1.165) is 42.9 Å². The Kier molecular flexibility index (Phi) is 5.16. The first kappa shape index (κ1) is 21.3. The number of nitriles is 1. The van der Waals surface area contributed by atoms with Gasteiger partial charge in [-0.1, -0.05) is 24.3 Å². The largest absolute Gasteiger partial charge is 0.381 e. The van der Waals surface area contributed by atoms with Crippen LogP contribution in [0.3, 0.4) is 0 Å². The average molecular weight is 466 g/mol. The van der Waals surface area contributed by atoms with Gasteiger partial charge in [0.25, 0.3) is 5.56 Å². The second-order valence-electron chi connectivity index (χ2n) is 8.90. The SMILES string of the molecule is CN(CC1CCOC1)c1nc(Cn2c(=O)c3ccccc3n3ncc(C#N)c23)nc2ccccc12. The summed E-state index contributed by atoms with van der Waals surface area (Å²) < 4.78 is 8.75. The molecule has 0 N–H and O–H groups in total. The zero-order valence-corrected chi connectivity index (χ0v) is 19.3. The van der Waals surface area contributed by atoms with E-state index in [4.69, 9.17) is 14.7 Å². The van der Waals surface area contributed by atoms with Crippen molar-refractivity contribution >= 4 is 33.3 Å². The van der Waals surface area contributed by atoms with Crippen LogP contribution < -0.4 is 10.5 Å². The van der Waals surface area contributed by atoms with Gasteiger partial charge in [0.1, 0.15) is 17.5 Å². The Morgan fingerprint density at radius 3 is 2.74 bits per heavy atom. The number of ether oxygens (including phenoxy) is 1. The van der Waals surface area contributed by atoms with Crippen LogP contribution in [-0.4, -0.2) is 51.0 Å². The minimum absolute atomic E-state index is 0.117. The fourth-order valence-corrected chi connectivity index (χ4v) is 4.90. The lowest BCUT2D eigenvalue weighted by molar-refractivity contribution is 0.186. The van der Waals surface area contributed by atoms with Crippen LogP contribution in [0.25, 0.3) is 27.5 Å². The first-order chi connectivity index (χ1) is 17.1. The number of fused-ring (bicyclic) bond motifs is 4. The number of nitrogens with zero attached hydrogens (tertiary/aromatic N) is 7. The number of benzene rings is 2. The molecule has 1 aliphatic heterocycles. The van der Waals surface area contributed by atoms with E-state index in [1.807, 2.05) is 49.5 Å². The van der Waals surface area contributed by atoms with E-state index in [2.05, 4.69) is 16.1 Å². The fraction of sp³-hybridized carbons (Fsp3) is 0.269. The standard InChI is InChI=1S/C26H23N7O2/c1-31(14-17-10-11-35-16-17)24-19-6-2-4-8-21(19)29-23(30-24)15-32-25-18(12-27)13-28-33(25)22-9-5-3-7-20(22)26(32)34/h2-9,13,17H,10-11,14-16H2,1H3. The minimum Gasteiger partial charge on any atom is -0.381 e. The summed E-state index contributed by atoms with van der Waals surface area (Å²) in [6.45, 7) is 2.48. The molecule has 1 unspecified atom stereocenters. The van der Waals surface area contributed by atoms with E-state index in [1.54, 1.807) is 15.1 Å². The van der Waals surface area contributed by atoms with Gasteiger partial charge in [-0.15, -0.1) is 0 Å². The maximum atomic E-state index is 13.6. The topological polar surface area (TPSA) is 101 Å². The van der Waals surface area contributed by atoms with Gasteiger partial charge in [0.05, 0.1) is 35.8 Å². The third-order valence-electron chi connectivity index (χ3n) is 6.57. The zero-order valence-electron chi connectivity index (χ0n) is 19.3. The quantitative estimate of drug-likeness (QED) is 0.393. The molecular weight excluding hydrogens is 442 g/mol. The Morgan fingerprint density at radius 1 is 1.14 bits per heavy atom. The van der Waals surface area contributed by atoms with Crippen molar-refractivity contribution in [3.8, 4) is 6.07 Å².